The predicted octanol–water partition coefficient (Wildman–Crippen LogP) is 3.82. The zero-order chi connectivity index (χ0) is 16.8. The maximum atomic E-state index is 13.5. The number of nitrogens with one attached hydrogen (secondary N) is 3. The summed E-state index contributed by atoms with van der Waals surface area (Å²) in [4.78, 5) is 11.9. The number of aryl methyl sites for hydroxylation is 1. The fourth-order valence-corrected chi connectivity index (χ4v) is 2.34. The molecule has 0 unspecified atom stereocenters. The highest BCUT2D eigenvalue weighted by atomic mass is 79.9. The summed E-state index contributed by atoms with van der Waals surface area (Å²) in [6, 6.07) is 12.0. The summed E-state index contributed by atoms with van der Waals surface area (Å²) in [5.74, 6) is -0.555. The van der Waals surface area contributed by atoms with Crippen LogP contribution in [0.5, 0.6) is 0 Å². The van der Waals surface area contributed by atoms with E-state index in [-0.39, 0.29) is 23.4 Å². The molecule has 0 radical (unpaired) electrons. The van der Waals surface area contributed by atoms with Crippen molar-refractivity contribution >= 4 is 50.5 Å². The van der Waals surface area contributed by atoms with Crippen LogP contribution >= 0.6 is 28.1 Å². The van der Waals surface area contributed by atoms with Crippen LogP contribution in [0.4, 0.5) is 15.8 Å². The first kappa shape index (κ1) is 17.4. The van der Waals surface area contributed by atoms with Crippen LogP contribution in [0.15, 0.2) is 46.9 Å². The van der Waals surface area contributed by atoms with E-state index in [1.807, 2.05) is 18.2 Å². The number of carbonyl (C=O) groups is 1. The average Bonchev–Trinajstić information content (AvgIpc) is 2.51. The van der Waals surface area contributed by atoms with Crippen molar-refractivity contribution in [2.24, 2.45) is 0 Å². The first-order chi connectivity index (χ1) is 11.0. The van der Waals surface area contributed by atoms with E-state index in [2.05, 4.69) is 31.9 Å². The molecule has 0 bridgehead atoms. The average molecular weight is 396 g/mol. The number of hydrogen-bond acceptors (Lipinski definition) is 2. The van der Waals surface area contributed by atoms with Crippen LogP contribution in [0.3, 0.4) is 0 Å². The Morgan fingerprint density at radius 1 is 1.22 bits per heavy atom. The van der Waals surface area contributed by atoms with Gasteiger partial charge < -0.3 is 16.0 Å². The van der Waals surface area contributed by atoms with Gasteiger partial charge in [-0.05, 0) is 64.9 Å². The summed E-state index contributed by atoms with van der Waals surface area (Å²) in [5, 5.41) is 8.60. The van der Waals surface area contributed by atoms with Crippen LogP contribution in [0.2, 0.25) is 0 Å². The molecule has 0 heterocycles. The SMILES string of the molecule is Cc1ccc(NC(=S)NCC(=O)Nc2ccccc2Br)cc1F. The van der Waals surface area contributed by atoms with Crippen LogP contribution in [-0.4, -0.2) is 17.6 Å². The number of benzene rings is 2. The molecule has 0 saturated heterocycles. The Morgan fingerprint density at radius 2 is 1.96 bits per heavy atom. The highest BCUT2D eigenvalue weighted by molar-refractivity contribution is 9.10. The molecule has 4 nitrogen and oxygen atoms in total. The number of rotatable bonds is 4. The van der Waals surface area contributed by atoms with Crippen LogP contribution in [0.25, 0.3) is 0 Å². The molecule has 23 heavy (non-hydrogen) atoms. The molecule has 0 aliphatic carbocycles. The molecule has 0 saturated carbocycles. The Balaban J connectivity index is 1.83. The topological polar surface area (TPSA) is 53.2 Å². The fraction of sp³-hybridized carbons (Fsp3) is 0.125. The maximum absolute atomic E-state index is 13.5. The van der Waals surface area contributed by atoms with Crippen molar-refractivity contribution in [2.75, 3.05) is 17.2 Å². The van der Waals surface area contributed by atoms with E-state index in [1.54, 1.807) is 25.1 Å². The third kappa shape index (κ3) is 5.30. The van der Waals surface area contributed by atoms with Crippen molar-refractivity contribution < 1.29 is 9.18 Å². The molecular formula is C16H15BrFN3OS. The zero-order valence-corrected chi connectivity index (χ0v) is 14.7. The van der Waals surface area contributed by atoms with Gasteiger partial charge in [0, 0.05) is 10.2 Å². The van der Waals surface area contributed by atoms with E-state index >= 15 is 0 Å². The van der Waals surface area contributed by atoms with Crippen molar-refractivity contribution in [3.8, 4) is 0 Å². The van der Waals surface area contributed by atoms with E-state index in [0.29, 0.717) is 16.9 Å². The van der Waals surface area contributed by atoms with Gasteiger partial charge in [-0.25, -0.2) is 4.39 Å². The van der Waals surface area contributed by atoms with E-state index in [0.717, 1.165) is 4.47 Å². The van der Waals surface area contributed by atoms with Crippen molar-refractivity contribution in [2.45, 2.75) is 6.92 Å². The molecule has 7 heteroatoms. The molecule has 2 aromatic rings. The minimum atomic E-state index is -0.315. The van der Waals surface area contributed by atoms with Crippen LogP contribution in [0, 0.1) is 12.7 Å². The Kier molecular flexibility index (Phi) is 6.06. The minimum Gasteiger partial charge on any atom is -0.353 e. The first-order valence-corrected chi connectivity index (χ1v) is 8.01. The molecule has 0 fully saturated rings. The molecule has 2 rings (SSSR count). The van der Waals surface area contributed by atoms with Gasteiger partial charge in [-0.1, -0.05) is 18.2 Å². The number of anilines is 2. The second-order valence-electron chi connectivity index (χ2n) is 4.80. The molecule has 0 aromatic heterocycles. The largest absolute Gasteiger partial charge is 0.353 e. The van der Waals surface area contributed by atoms with Gasteiger partial charge in [-0.3, -0.25) is 4.79 Å². The summed E-state index contributed by atoms with van der Waals surface area (Å²) in [7, 11) is 0. The molecule has 120 valence electrons. The monoisotopic (exact) mass is 395 g/mol. The van der Waals surface area contributed by atoms with Crippen molar-refractivity contribution in [1.82, 2.24) is 5.32 Å². The lowest BCUT2D eigenvalue weighted by atomic mass is 10.2. The third-order valence-corrected chi connectivity index (χ3v) is 3.93. The van der Waals surface area contributed by atoms with Gasteiger partial charge in [0.1, 0.15) is 5.82 Å². The van der Waals surface area contributed by atoms with Gasteiger partial charge in [0.25, 0.3) is 0 Å². The van der Waals surface area contributed by atoms with E-state index in [4.69, 9.17) is 12.2 Å². The van der Waals surface area contributed by atoms with E-state index in [9.17, 15) is 9.18 Å². The number of amides is 1. The van der Waals surface area contributed by atoms with Gasteiger partial charge >= 0.3 is 0 Å². The zero-order valence-electron chi connectivity index (χ0n) is 12.3. The van der Waals surface area contributed by atoms with Gasteiger partial charge in [0.15, 0.2) is 5.11 Å². The minimum absolute atomic E-state index is 0.00150. The van der Waals surface area contributed by atoms with Crippen molar-refractivity contribution in [3.05, 3.63) is 58.3 Å². The number of thiocarbonyl (C=S) groups is 1. The van der Waals surface area contributed by atoms with Gasteiger partial charge in [-0.2, -0.15) is 0 Å². The van der Waals surface area contributed by atoms with Crippen molar-refractivity contribution in [1.29, 1.82) is 0 Å². The molecule has 0 spiro atoms. The molecule has 2 aromatic carbocycles. The highest BCUT2D eigenvalue weighted by Crippen LogP contribution is 2.20. The summed E-state index contributed by atoms with van der Waals surface area (Å²) in [6.07, 6.45) is 0. The standard InChI is InChI=1S/C16H15BrFN3OS/c1-10-6-7-11(8-13(10)18)20-16(23)19-9-15(22)21-14-5-3-2-4-12(14)17/h2-8H,9H2,1H3,(H,21,22)(H2,19,20,23). The van der Waals surface area contributed by atoms with Gasteiger partial charge in [-0.15, -0.1) is 0 Å². The second-order valence-corrected chi connectivity index (χ2v) is 6.06. The Hall–Kier alpha value is -1.99. The lowest BCUT2D eigenvalue weighted by Crippen LogP contribution is -2.35. The number of carbonyl (C=O) groups excluding carboxylic acids is 1. The predicted molar refractivity (Wildman–Crippen MR) is 98.1 cm³/mol. The summed E-state index contributed by atoms with van der Waals surface area (Å²) >= 11 is 8.44. The first-order valence-electron chi connectivity index (χ1n) is 6.81. The molecule has 3 N–H and O–H groups in total. The maximum Gasteiger partial charge on any atom is 0.243 e. The van der Waals surface area contributed by atoms with Crippen LogP contribution in [-0.2, 0) is 4.79 Å². The normalized spacial score (nSPS) is 10.0. The van der Waals surface area contributed by atoms with Gasteiger partial charge in [0.2, 0.25) is 5.91 Å². The Morgan fingerprint density at radius 3 is 2.65 bits per heavy atom. The summed E-state index contributed by atoms with van der Waals surface area (Å²) in [6.45, 7) is 1.68. The molecular weight excluding hydrogens is 381 g/mol. The third-order valence-electron chi connectivity index (χ3n) is 2.99. The van der Waals surface area contributed by atoms with Gasteiger partial charge in [0.05, 0.1) is 12.2 Å². The molecule has 0 aliphatic rings. The summed E-state index contributed by atoms with van der Waals surface area (Å²) < 4.78 is 14.2. The quantitative estimate of drug-likeness (QED) is 0.688. The molecule has 0 aliphatic heterocycles. The Labute approximate surface area is 147 Å². The number of hydrogen-bond donors (Lipinski definition) is 3. The van der Waals surface area contributed by atoms with E-state index < -0.39 is 0 Å². The lowest BCUT2D eigenvalue weighted by Gasteiger charge is -2.12. The lowest BCUT2D eigenvalue weighted by molar-refractivity contribution is -0.115. The van der Waals surface area contributed by atoms with Crippen LogP contribution < -0.4 is 16.0 Å². The fourth-order valence-electron chi connectivity index (χ4n) is 1.76. The van der Waals surface area contributed by atoms with E-state index in [1.165, 1.54) is 6.07 Å². The molecule has 0 atom stereocenters. The smallest absolute Gasteiger partial charge is 0.243 e. The highest BCUT2D eigenvalue weighted by Gasteiger charge is 2.06. The Bertz CT molecular complexity index is 739. The van der Waals surface area contributed by atoms with Crippen LogP contribution in [0.1, 0.15) is 5.56 Å². The number of para-hydroxylation sites is 1. The molecule has 1 amide bonds. The van der Waals surface area contributed by atoms with Crippen molar-refractivity contribution in [3.63, 3.8) is 0 Å². The number of halogens is 2. The second kappa shape index (κ2) is 8.03. The summed E-state index contributed by atoms with van der Waals surface area (Å²) in [5.41, 5.74) is 1.76.